The van der Waals surface area contributed by atoms with Crippen LogP contribution in [0.2, 0.25) is 0 Å². The fraction of sp³-hybridized carbons (Fsp3) is 0.381. The zero-order valence-corrected chi connectivity index (χ0v) is 15.1. The smallest absolute Gasteiger partial charge is 0.258 e. The van der Waals surface area contributed by atoms with Gasteiger partial charge in [-0.15, -0.1) is 0 Å². The van der Waals surface area contributed by atoms with Crippen molar-refractivity contribution >= 4 is 5.91 Å². The molecule has 1 aliphatic heterocycles. The van der Waals surface area contributed by atoms with Gasteiger partial charge >= 0.3 is 0 Å². The molecule has 1 heterocycles. The highest BCUT2D eigenvalue weighted by molar-refractivity contribution is 5.77. The minimum absolute atomic E-state index is 0.0771. The molecule has 0 unspecified atom stereocenters. The third-order valence-corrected chi connectivity index (χ3v) is 4.72. The number of amides is 1. The van der Waals surface area contributed by atoms with E-state index in [1.54, 1.807) is 0 Å². The molecular weight excluding hydrogens is 331 g/mol. The van der Waals surface area contributed by atoms with Crippen LogP contribution in [-0.2, 0) is 4.79 Å². The molecule has 0 saturated carbocycles. The standard InChI is InChI=1S/C21H25FN2O2/c1-16-4-6-17(7-5-16)20(24-12-2-3-13-24)14-23-21(25)15-26-19-10-8-18(22)9-11-19/h4-11,20H,2-3,12-15H2,1H3,(H,23,25)/t20-/m1/s1. The molecule has 0 aromatic heterocycles. The lowest BCUT2D eigenvalue weighted by molar-refractivity contribution is -0.123. The van der Waals surface area contributed by atoms with E-state index in [-0.39, 0.29) is 24.4 Å². The number of likely N-dealkylation sites (tertiary alicyclic amines) is 1. The van der Waals surface area contributed by atoms with Crippen molar-refractivity contribution in [2.45, 2.75) is 25.8 Å². The normalized spacial score (nSPS) is 15.6. The third-order valence-electron chi connectivity index (χ3n) is 4.72. The number of nitrogens with one attached hydrogen (secondary N) is 1. The summed E-state index contributed by atoms with van der Waals surface area (Å²) in [5, 5.41) is 2.97. The second-order valence-electron chi connectivity index (χ2n) is 6.72. The van der Waals surface area contributed by atoms with Gasteiger partial charge in [-0.1, -0.05) is 29.8 Å². The molecule has 0 radical (unpaired) electrons. The van der Waals surface area contributed by atoms with E-state index in [9.17, 15) is 9.18 Å². The maximum Gasteiger partial charge on any atom is 0.258 e. The van der Waals surface area contributed by atoms with E-state index in [1.165, 1.54) is 48.2 Å². The predicted molar refractivity (Wildman–Crippen MR) is 99.6 cm³/mol. The van der Waals surface area contributed by atoms with E-state index >= 15 is 0 Å². The molecule has 3 rings (SSSR count). The predicted octanol–water partition coefficient (Wildman–Crippen LogP) is 3.47. The van der Waals surface area contributed by atoms with Crippen LogP contribution in [0.1, 0.15) is 30.0 Å². The summed E-state index contributed by atoms with van der Waals surface area (Å²) in [6, 6.07) is 14.3. The number of aryl methyl sites for hydroxylation is 1. The summed E-state index contributed by atoms with van der Waals surface area (Å²) in [4.78, 5) is 14.6. The molecule has 5 heteroatoms. The first-order valence-corrected chi connectivity index (χ1v) is 9.07. The first-order chi connectivity index (χ1) is 12.6. The Hall–Kier alpha value is -2.40. The first-order valence-electron chi connectivity index (χ1n) is 9.07. The zero-order valence-electron chi connectivity index (χ0n) is 15.1. The summed E-state index contributed by atoms with van der Waals surface area (Å²) in [7, 11) is 0. The molecule has 138 valence electrons. The number of carbonyl (C=O) groups excluding carboxylic acids is 1. The number of hydrogen-bond acceptors (Lipinski definition) is 3. The lowest BCUT2D eigenvalue weighted by Gasteiger charge is -2.28. The molecule has 1 amide bonds. The Morgan fingerprint density at radius 3 is 2.42 bits per heavy atom. The van der Waals surface area contributed by atoms with E-state index in [4.69, 9.17) is 4.74 Å². The van der Waals surface area contributed by atoms with Crippen molar-refractivity contribution in [3.8, 4) is 5.75 Å². The van der Waals surface area contributed by atoms with Gasteiger partial charge in [-0.05, 0) is 62.7 Å². The van der Waals surface area contributed by atoms with Crippen LogP contribution in [0.25, 0.3) is 0 Å². The Bertz CT molecular complexity index is 710. The van der Waals surface area contributed by atoms with E-state index in [0.29, 0.717) is 12.3 Å². The SMILES string of the molecule is Cc1ccc([C@@H](CNC(=O)COc2ccc(F)cc2)N2CCCC2)cc1. The van der Waals surface area contributed by atoms with E-state index in [1.807, 2.05) is 0 Å². The number of hydrogen-bond donors (Lipinski definition) is 1. The Morgan fingerprint density at radius 2 is 1.77 bits per heavy atom. The zero-order chi connectivity index (χ0) is 18.4. The second-order valence-corrected chi connectivity index (χ2v) is 6.72. The maximum absolute atomic E-state index is 12.9. The Morgan fingerprint density at radius 1 is 1.12 bits per heavy atom. The van der Waals surface area contributed by atoms with Crippen LogP contribution in [0.5, 0.6) is 5.75 Å². The highest BCUT2D eigenvalue weighted by Gasteiger charge is 2.23. The minimum atomic E-state index is -0.326. The van der Waals surface area contributed by atoms with Gasteiger partial charge in [0.1, 0.15) is 11.6 Å². The molecule has 1 fully saturated rings. The monoisotopic (exact) mass is 356 g/mol. The van der Waals surface area contributed by atoms with Crippen LogP contribution in [-0.4, -0.2) is 37.0 Å². The molecule has 1 saturated heterocycles. The minimum Gasteiger partial charge on any atom is -0.484 e. The molecule has 4 nitrogen and oxygen atoms in total. The summed E-state index contributed by atoms with van der Waals surface area (Å²) < 4.78 is 18.3. The quantitative estimate of drug-likeness (QED) is 0.826. The molecule has 0 aliphatic carbocycles. The molecule has 1 atom stereocenters. The largest absolute Gasteiger partial charge is 0.484 e. The Kier molecular flexibility index (Phi) is 6.23. The van der Waals surface area contributed by atoms with Crippen molar-refractivity contribution in [2.24, 2.45) is 0 Å². The number of nitrogens with zero attached hydrogens (tertiary/aromatic N) is 1. The van der Waals surface area contributed by atoms with Crippen LogP contribution < -0.4 is 10.1 Å². The molecule has 0 bridgehead atoms. The summed E-state index contributed by atoms with van der Waals surface area (Å²) >= 11 is 0. The van der Waals surface area contributed by atoms with Gasteiger partial charge in [0.2, 0.25) is 0 Å². The van der Waals surface area contributed by atoms with Gasteiger partial charge in [0.25, 0.3) is 5.91 Å². The average Bonchev–Trinajstić information content (AvgIpc) is 3.17. The Balaban J connectivity index is 1.55. The van der Waals surface area contributed by atoms with E-state index in [2.05, 4.69) is 41.4 Å². The highest BCUT2D eigenvalue weighted by atomic mass is 19.1. The van der Waals surface area contributed by atoms with Crippen LogP contribution >= 0.6 is 0 Å². The molecular formula is C21H25FN2O2. The van der Waals surface area contributed by atoms with Gasteiger partial charge in [0.15, 0.2) is 6.61 Å². The summed E-state index contributed by atoms with van der Waals surface area (Å²) in [6.45, 7) is 4.66. The number of halogens is 1. The van der Waals surface area contributed by atoms with Crippen LogP contribution in [0, 0.1) is 12.7 Å². The molecule has 1 N–H and O–H groups in total. The van der Waals surface area contributed by atoms with Crippen LogP contribution in [0.15, 0.2) is 48.5 Å². The number of benzene rings is 2. The Labute approximate surface area is 154 Å². The van der Waals surface area contributed by atoms with Gasteiger partial charge in [-0.2, -0.15) is 0 Å². The molecule has 2 aromatic rings. The van der Waals surface area contributed by atoms with Gasteiger partial charge in [-0.3, -0.25) is 9.69 Å². The van der Waals surface area contributed by atoms with Crippen molar-refractivity contribution in [3.63, 3.8) is 0 Å². The van der Waals surface area contributed by atoms with Crippen molar-refractivity contribution < 1.29 is 13.9 Å². The molecule has 0 spiro atoms. The van der Waals surface area contributed by atoms with Crippen molar-refractivity contribution in [1.29, 1.82) is 0 Å². The van der Waals surface area contributed by atoms with Gasteiger partial charge in [0.05, 0.1) is 6.04 Å². The highest BCUT2D eigenvalue weighted by Crippen LogP contribution is 2.24. The average molecular weight is 356 g/mol. The topological polar surface area (TPSA) is 41.6 Å². The maximum atomic E-state index is 12.9. The second kappa shape index (κ2) is 8.81. The summed E-state index contributed by atoms with van der Waals surface area (Å²) in [5.41, 5.74) is 2.45. The number of carbonyl (C=O) groups is 1. The van der Waals surface area contributed by atoms with Gasteiger partial charge in [0, 0.05) is 6.54 Å². The third kappa shape index (κ3) is 5.05. The molecule has 26 heavy (non-hydrogen) atoms. The van der Waals surface area contributed by atoms with E-state index < -0.39 is 0 Å². The number of rotatable bonds is 7. The van der Waals surface area contributed by atoms with Crippen molar-refractivity contribution in [2.75, 3.05) is 26.2 Å². The van der Waals surface area contributed by atoms with Crippen molar-refractivity contribution in [3.05, 3.63) is 65.5 Å². The summed E-state index contributed by atoms with van der Waals surface area (Å²) in [5.74, 6) is -0.0184. The molecule has 2 aromatic carbocycles. The lowest BCUT2D eigenvalue weighted by Crippen LogP contribution is -2.38. The van der Waals surface area contributed by atoms with Gasteiger partial charge < -0.3 is 10.1 Å². The lowest BCUT2D eigenvalue weighted by atomic mass is 10.0. The number of ether oxygens (including phenoxy) is 1. The van der Waals surface area contributed by atoms with E-state index in [0.717, 1.165) is 13.1 Å². The van der Waals surface area contributed by atoms with Gasteiger partial charge in [-0.25, -0.2) is 4.39 Å². The van der Waals surface area contributed by atoms with Crippen molar-refractivity contribution in [1.82, 2.24) is 10.2 Å². The first kappa shape index (κ1) is 18.4. The molecule has 1 aliphatic rings. The van der Waals surface area contributed by atoms with Crippen LogP contribution in [0.4, 0.5) is 4.39 Å². The fourth-order valence-corrected chi connectivity index (χ4v) is 3.24. The summed E-state index contributed by atoms with van der Waals surface area (Å²) in [6.07, 6.45) is 2.40. The fourth-order valence-electron chi connectivity index (χ4n) is 3.24. The van der Waals surface area contributed by atoms with Crippen LogP contribution in [0.3, 0.4) is 0 Å².